The monoisotopic (exact) mass is 509 g/mol. The van der Waals surface area contributed by atoms with Crippen molar-refractivity contribution in [3.05, 3.63) is 77.1 Å². The molecule has 36 heavy (non-hydrogen) atoms. The molecule has 0 aliphatic carbocycles. The Kier molecular flexibility index (Phi) is 8.02. The van der Waals surface area contributed by atoms with E-state index in [1.54, 1.807) is 52.0 Å². The van der Waals surface area contributed by atoms with Gasteiger partial charge in [0.2, 0.25) is 5.91 Å². The van der Waals surface area contributed by atoms with Gasteiger partial charge in [-0.1, -0.05) is 29.8 Å². The molecule has 1 aliphatic rings. The lowest BCUT2D eigenvalue weighted by Gasteiger charge is -2.29. The number of halogens is 1. The predicted octanol–water partition coefficient (Wildman–Crippen LogP) is 3.06. The minimum atomic E-state index is -0.410. The van der Waals surface area contributed by atoms with Gasteiger partial charge in [-0.2, -0.15) is 5.10 Å². The van der Waals surface area contributed by atoms with Crippen molar-refractivity contribution in [2.45, 2.75) is 26.4 Å². The van der Waals surface area contributed by atoms with E-state index in [0.717, 1.165) is 16.9 Å². The maximum atomic E-state index is 13.7. The van der Waals surface area contributed by atoms with Gasteiger partial charge in [0.05, 0.1) is 36.0 Å². The number of anilines is 1. The molecular formula is C26H28ClN5O4. The Morgan fingerprint density at radius 3 is 2.67 bits per heavy atom. The van der Waals surface area contributed by atoms with Crippen molar-refractivity contribution >= 4 is 35.1 Å². The van der Waals surface area contributed by atoms with Crippen LogP contribution in [0.5, 0.6) is 0 Å². The van der Waals surface area contributed by atoms with Crippen molar-refractivity contribution in [1.82, 2.24) is 20.0 Å². The highest BCUT2D eigenvalue weighted by Gasteiger charge is 2.32. The number of benzene rings is 2. The number of esters is 1. The normalized spacial score (nSPS) is 15.2. The van der Waals surface area contributed by atoms with Crippen LogP contribution in [0.3, 0.4) is 0 Å². The van der Waals surface area contributed by atoms with Crippen LogP contribution in [0.15, 0.2) is 60.9 Å². The van der Waals surface area contributed by atoms with E-state index in [1.165, 1.54) is 0 Å². The topological polar surface area (TPSA) is 96.8 Å². The summed E-state index contributed by atoms with van der Waals surface area (Å²) in [7, 11) is 0. The van der Waals surface area contributed by atoms with Gasteiger partial charge in [0.15, 0.2) is 0 Å². The maximum Gasteiger partial charge on any atom is 0.319 e. The summed E-state index contributed by atoms with van der Waals surface area (Å²) in [5.74, 6) is -0.828. The molecule has 3 aromatic rings. The zero-order chi connectivity index (χ0) is 25.7. The summed E-state index contributed by atoms with van der Waals surface area (Å²) >= 11 is 6.55. The van der Waals surface area contributed by atoms with Crippen molar-refractivity contribution in [1.29, 1.82) is 0 Å². The zero-order valence-corrected chi connectivity index (χ0v) is 20.9. The maximum absolute atomic E-state index is 13.7. The fourth-order valence-electron chi connectivity index (χ4n) is 4.21. The Morgan fingerprint density at radius 1 is 1.14 bits per heavy atom. The molecule has 0 spiro atoms. The lowest BCUT2D eigenvalue weighted by atomic mass is 10.1. The minimum Gasteiger partial charge on any atom is -0.465 e. The van der Waals surface area contributed by atoms with Gasteiger partial charge in [-0.05, 0) is 49.7 Å². The molecule has 2 amide bonds. The third kappa shape index (κ3) is 5.58. The van der Waals surface area contributed by atoms with Gasteiger partial charge in [-0.3, -0.25) is 19.7 Å². The number of rotatable bonds is 7. The molecule has 0 radical (unpaired) electrons. The fraction of sp³-hybridized carbons (Fsp3) is 0.308. The number of carbonyl (C=O) groups excluding carboxylic acids is 3. The van der Waals surface area contributed by atoms with Gasteiger partial charge in [-0.25, -0.2) is 4.68 Å². The van der Waals surface area contributed by atoms with Gasteiger partial charge < -0.3 is 14.5 Å². The summed E-state index contributed by atoms with van der Waals surface area (Å²) in [4.78, 5) is 41.7. The molecular weight excluding hydrogens is 482 g/mol. The van der Waals surface area contributed by atoms with Crippen molar-refractivity contribution in [2.24, 2.45) is 0 Å². The minimum absolute atomic E-state index is 0.0139. The van der Waals surface area contributed by atoms with E-state index in [4.69, 9.17) is 16.3 Å². The number of ether oxygens (including phenoxy) is 1. The molecule has 2 heterocycles. The fourth-order valence-corrected chi connectivity index (χ4v) is 4.46. The predicted molar refractivity (Wildman–Crippen MR) is 136 cm³/mol. The van der Waals surface area contributed by atoms with Crippen molar-refractivity contribution in [2.75, 3.05) is 31.1 Å². The third-order valence-corrected chi connectivity index (χ3v) is 6.28. The van der Waals surface area contributed by atoms with E-state index in [9.17, 15) is 14.4 Å². The summed E-state index contributed by atoms with van der Waals surface area (Å²) < 4.78 is 6.56. The number of hydrogen-bond donors (Lipinski definition) is 1. The average Bonchev–Trinajstić information content (AvgIpc) is 3.36. The molecule has 1 unspecified atom stereocenters. The van der Waals surface area contributed by atoms with Crippen LogP contribution >= 0.6 is 11.6 Å². The standard InChI is InChI=1S/C26H28ClN5O4/c1-3-36-25(34)15-28-14-24(33)30-17-19-7-4-5-8-23(19)31(16-18(30)2)26(35)21-10-9-20(13-22(21)27)32-12-6-11-29-32/h4-13,18,28H,3,14-17H2,1-2H3. The second-order valence-electron chi connectivity index (χ2n) is 8.44. The van der Waals surface area contributed by atoms with E-state index in [2.05, 4.69) is 10.4 Å². The van der Waals surface area contributed by atoms with E-state index in [-0.39, 0.29) is 44.1 Å². The molecule has 1 aromatic heterocycles. The molecule has 1 aliphatic heterocycles. The molecule has 4 rings (SSSR count). The van der Waals surface area contributed by atoms with Gasteiger partial charge in [0.1, 0.15) is 0 Å². The second-order valence-corrected chi connectivity index (χ2v) is 8.85. The first-order valence-electron chi connectivity index (χ1n) is 11.7. The Morgan fingerprint density at radius 2 is 1.94 bits per heavy atom. The van der Waals surface area contributed by atoms with Gasteiger partial charge >= 0.3 is 5.97 Å². The quantitative estimate of drug-likeness (QED) is 0.492. The molecule has 1 atom stereocenters. The van der Waals surface area contributed by atoms with Crippen LogP contribution in [-0.2, 0) is 20.9 Å². The van der Waals surface area contributed by atoms with E-state index < -0.39 is 5.97 Å². The summed E-state index contributed by atoms with van der Waals surface area (Å²) in [6.07, 6.45) is 3.47. The van der Waals surface area contributed by atoms with Crippen LogP contribution in [0.1, 0.15) is 29.8 Å². The van der Waals surface area contributed by atoms with E-state index >= 15 is 0 Å². The number of amides is 2. The van der Waals surface area contributed by atoms with Crippen LogP contribution in [0.4, 0.5) is 5.69 Å². The lowest BCUT2D eigenvalue weighted by Crippen LogP contribution is -2.47. The van der Waals surface area contributed by atoms with Crippen molar-refractivity contribution in [3.63, 3.8) is 0 Å². The number of fused-ring (bicyclic) bond motifs is 1. The van der Waals surface area contributed by atoms with Crippen LogP contribution in [-0.4, -0.2) is 64.7 Å². The highest BCUT2D eigenvalue weighted by molar-refractivity contribution is 6.34. The molecule has 0 fully saturated rings. The number of carbonyl (C=O) groups is 3. The molecule has 2 aromatic carbocycles. The molecule has 0 saturated carbocycles. The Hall–Kier alpha value is -3.69. The van der Waals surface area contributed by atoms with Gasteiger partial charge in [0, 0.05) is 37.2 Å². The van der Waals surface area contributed by atoms with Crippen LogP contribution in [0.2, 0.25) is 5.02 Å². The summed E-state index contributed by atoms with van der Waals surface area (Å²) in [5, 5.41) is 7.37. The van der Waals surface area contributed by atoms with Crippen molar-refractivity contribution < 1.29 is 19.1 Å². The summed E-state index contributed by atoms with van der Waals surface area (Å²) in [6, 6.07) is 14.3. The molecule has 10 heteroatoms. The highest BCUT2D eigenvalue weighted by atomic mass is 35.5. The number of para-hydroxylation sites is 1. The largest absolute Gasteiger partial charge is 0.465 e. The van der Waals surface area contributed by atoms with Crippen LogP contribution < -0.4 is 10.2 Å². The number of hydrogen-bond acceptors (Lipinski definition) is 6. The van der Waals surface area contributed by atoms with Crippen molar-refractivity contribution in [3.8, 4) is 5.69 Å². The molecule has 188 valence electrons. The first-order valence-corrected chi connectivity index (χ1v) is 12.1. The Labute approximate surface area is 214 Å². The van der Waals surface area contributed by atoms with E-state index in [0.29, 0.717) is 17.1 Å². The smallest absolute Gasteiger partial charge is 0.319 e. The number of nitrogens with zero attached hydrogens (tertiary/aromatic N) is 4. The highest BCUT2D eigenvalue weighted by Crippen LogP contribution is 2.30. The summed E-state index contributed by atoms with van der Waals surface area (Å²) in [5.41, 5.74) is 2.69. The summed E-state index contributed by atoms with van der Waals surface area (Å²) in [6.45, 7) is 4.49. The second kappa shape index (κ2) is 11.4. The molecule has 0 saturated heterocycles. The van der Waals surface area contributed by atoms with Gasteiger partial charge in [0.25, 0.3) is 5.91 Å². The van der Waals surface area contributed by atoms with Crippen LogP contribution in [0.25, 0.3) is 5.69 Å². The third-order valence-electron chi connectivity index (χ3n) is 5.97. The molecule has 1 N–H and O–H groups in total. The zero-order valence-electron chi connectivity index (χ0n) is 20.2. The first kappa shape index (κ1) is 25.4. The van der Waals surface area contributed by atoms with Crippen LogP contribution in [0, 0.1) is 0 Å². The molecule has 0 bridgehead atoms. The van der Waals surface area contributed by atoms with E-state index in [1.807, 2.05) is 37.3 Å². The number of nitrogens with one attached hydrogen (secondary N) is 1. The lowest BCUT2D eigenvalue weighted by molar-refractivity contribution is -0.142. The van der Waals surface area contributed by atoms with Gasteiger partial charge in [-0.15, -0.1) is 0 Å². The number of aromatic nitrogens is 2. The average molecular weight is 510 g/mol. The molecule has 9 nitrogen and oxygen atoms in total. The Bertz CT molecular complexity index is 1250. The Balaban J connectivity index is 1.55. The SMILES string of the molecule is CCOC(=O)CNCC(=O)N1Cc2ccccc2N(C(=O)c2ccc(-n3cccn3)cc2Cl)CC1C. The first-order chi connectivity index (χ1) is 17.4.